The molecule has 5 rings (SSSR count). The van der Waals surface area contributed by atoms with Gasteiger partial charge in [0, 0.05) is 11.3 Å². The predicted molar refractivity (Wildman–Crippen MR) is 140 cm³/mol. The van der Waals surface area contributed by atoms with Crippen LogP contribution in [0.2, 0.25) is 0 Å². The molecule has 0 saturated carbocycles. The van der Waals surface area contributed by atoms with Crippen molar-refractivity contribution in [3.8, 4) is 22.6 Å². The Balaban J connectivity index is 1.48. The zero-order valence-electron chi connectivity index (χ0n) is 21.3. The molecule has 3 N–H and O–H groups in total. The monoisotopic (exact) mass is 504 g/mol. The van der Waals surface area contributed by atoms with Crippen molar-refractivity contribution in [1.29, 1.82) is 0 Å². The van der Waals surface area contributed by atoms with E-state index in [0.717, 1.165) is 46.6 Å². The van der Waals surface area contributed by atoms with Crippen LogP contribution in [0.3, 0.4) is 0 Å². The van der Waals surface area contributed by atoms with Gasteiger partial charge in [-0.15, -0.1) is 0 Å². The molecule has 1 aliphatic heterocycles. The van der Waals surface area contributed by atoms with Crippen molar-refractivity contribution < 1.29 is 28.8 Å². The van der Waals surface area contributed by atoms with E-state index in [0.29, 0.717) is 12.3 Å². The van der Waals surface area contributed by atoms with Crippen LogP contribution < -0.4 is 20.1 Å². The molecule has 0 amide bonds. The molecule has 1 aliphatic carbocycles. The zero-order chi connectivity index (χ0) is 26.0. The van der Waals surface area contributed by atoms with Crippen LogP contribution in [0, 0.1) is 6.92 Å². The van der Waals surface area contributed by atoms with Gasteiger partial charge in [0.1, 0.15) is 11.5 Å². The maximum absolute atomic E-state index is 12.0. The van der Waals surface area contributed by atoms with Crippen molar-refractivity contribution in [2.45, 2.75) is 38.1 Å². The minimum absolute atomic E-state index is 0.0165. The van der Waals surface area contributed by atoms with Crippen LogP contribution >= 0.6 is 0 Å². The molecule has 3 aromatic rings. The summed E-state index contributed by atoms with van der Waals surface area (Å²) in [7, 11) is 3.28. The third-order valence-electron chi connectivity index (χ3n) is 7.17. The highest BCUT2D eigenvalue weighted by molar-refractivity contribution is 5.83. The van der Waals surface area contributed by atoms with E-state index in [-0.39, 0.29) is 19.4 Å². The van der Waals surface area contributed by atoms with Gasteiger partial charge in [0.15, 0.2) is 0 Å². The molecule has 3 aromatic carbocycles. The van der Waals surface area contributed by atoms with E-state index < -0.39 is 11.6 Å². The van der Waals surface area contributed by atoms with Gasteiger partial charge >= 0.3 is 5.97 Å². The number of carboxylic acids is 1. The lowest BCUT2D eigenvalue weighted by Gasteiger charge is -2.26. The van der Waals surface area contributed by atoms with E-state index in [2.05, 4.69) is 34.9 Å². The Labute approximate surface area is 216 Å². The van der Waals surface area contributed by atoms with Gasteiger partial charge in [-0.25, -0.2) is 4.79 Å². The number of benzene rings is 3. The molecule has 8 nitrogen and oxygen atoms in total. The second-order valence-electron chi connectivity index (χ2n) is 9.49. The van der Waals surface area contributed by atoms with Crippen molar-refractivity contribution in [2.75, 3.05) is 32.9 Å². The van der Waals surface area contributed by atoms with E-state index in [1.165, 1.54) is 11.1 Å². The normalized spacial score (nSPS) is 19.0. The molecule has 1 unspecified atom stereocenters. The zero-order valence-corrected chi connectivity index (χ0v) is 21.3. The Kier molecular flexibility index (Phi) is 7.06. The second-order valence-corrected chi connectivity index (χ2v) is 9.49. The highest BCUT2D eigenvalue weighted by Crippen LogP contribution is 2.37. The number of hydrogen-bond acceptors (Lipinski definition) is 7. The summed E-state index contributed by atoms with van der Waals surface area (Å²) in [6.07, 6.45) is 1.83. The number of carbonyl (C=O) groups is 1. The fourth-order valence-corrected chi connectivity index (χ4v) is 5.10. The Morgan fingerprint density at radius 3 is 2.32 bits per heavy atom. The van der Waals surface area contributed by atoms with Crippen molar-refractivity contribution in [3.05, 3.63) is 76.9 Å². The van der Waals surface area contributed by atoms with Gasteiger partial charge in [0.2, 0.25) is 5.66 Å². The Morgan fingerprint density at radius 2 is 1.76 bits per heavy atom. The van der Waals surface area contributed by atoms with Crippen molar-refractivity contribution in [2.24, 2.45) is 0 Å². The summed E-state index contributed by atoms with van der Waals surface area (Å²) in [5.41, 5.74) is 5.65. The van der Waals surface area contributed by atoms with Gasteiger partial charge in [-0.3, -0.25) is 5.32 Å². The van der Waals surface area contributed by atoms with Crippen molar-refractivity contribution >= 4 is 11.7 Å². The van der Waals surface area contributed by atoms with Gasteiger partial charge in [-0.05, 0) is 71.8 Å². The molecule has 0 aromatic heterocycles. The van der Waals surface area contributed by atoms with E-state index >= 15 is 0 Å². The van der Waals surface area contributed by atoms with Gasteiger partial charge in [0.25, 0.3) is 0 Å². The van der Waals surface area contributed by atoms with Gasteiger partial charge in [-0.1, -0.05) is 30.3 Å². The fourth-order valence-electron chi connectivity index (χ4n) is 5.10. The third-order valence-corrected chi connectivity index (χ3v) is 7.17. The minimum atomic E-state index is -1.39. The highest BCUT2D eigenvalue weighted by Gasteiger charge is 2.42. The summed E-state index contributed by atoms with van der Waals surface area (Å²) < 4.78 is 23.0. The summed E-state index contributed by atoms with van der Waals surface area (Å²) in [6.45, 7) is 2.51. The quantitative estimate of drug-likeness (QED) is 0.400. The molecule has 194 valence electrons. The second kappa shape index (κ2) is 10.4. The highest BCUT2D eigenvalue weighted by atomic mass is 16.5. The minimum Gasteiger partial charge on any atom is -0.496 e. The van der Waals surface area contributed by atoms with Gasteiger partial charge < -0.3 is 29.4 Å². The first-order chi connectivity index (χ1) is 17.9. The SMILES string of the molecule is COc1cc(-c2ccc(NC3(C(=O)O)COCN3)cc2COC2Cc3ccccc3C2)cc(OC)c1C. The summed E-state index contributed by atoms with van der Waals surface area (Å²) >= 11 is 0. The van der Waals surface area contributed by atoms with E-state index in [1.807, 2.05) is 37.3 Å². The van der Waals surface area contributed by atoms with Crippen LogP contribution in [0.4, 0.5) is 5.69 Å². The van der Waals surface area contributed by atoms with E-state index in [9.17, 15) is 9.90 Å². The first kappa shape index (κ1) is 25.1. The van der Waals surface area contributed by atoms with Crippen LogP contribution in [0.15, 0.2) is 54.6 Å². The maximum Gasteiger partial charge on any atom is 0.347 e. The Hall–Kier alpha value is -3.59. The number of hydrogen-bond donors (Lipinski definition) is 3. The van der Waals surface area contributed by atoms with Crippen LogP contribution in [0.5, 0.6) is 11.5 Å². The smallest absolute Gasteiger partial charge is 0.347 e. The summed E-state index contributed by atoms with van der Waals surface area (Å²) in [4.78, 5) is 12.0. The van der Waals surface area contributed by atoms with Gasteiger partial charge in [-0.2, -0.15) is 0 Å². The van der Waals surface area contributed by atoms with Crippen LogP contribution in [-0.4, -0.2) is 50.4 Å². The van der Waals surface area contributed by atoms with Gasteiger partial charge in [0.05, 0.1) is 40.3 Å². The lowest BCUT2D eigenvalue weighted by Crippen LogP contribution is -2.56. The topological polar surface area (TPSA) is 98.3 Å². The van der Waals surface area contributed by atoms with Crippen molar-refractivity contribution in [3.63, 3.8) is 0 Å². The molecule has 1 heterocycles. The molecule has 1 fully saturated rings. The number of methoxy groups -OCH3 is 2. The average molecular weight is 505 g/mol. The number of ether oxygens (including phenoxy) is 4. The molecule has 0 bridgehead atoms. The molecule has 1 saturated heterocycles. The van der Waals surface area contributed by atoms with Crippen LogP contribution in [0.25, 0.3) is 11.1 Å². The molecule has 0 radical (unpaired) electrons. The fraction of sp³-hybridized carbons (Fsp3) is 0.345. The molecule has 2 aliphatic rings. The number of rotatable bonds is 9. The van der Waals surface area contributed by atoms with Crippen LogP contribution in [-0.2, 0) is 33.7 Å². The number of anilines is 1. The van der Waals surface area contributed by atoms with Crippen LogP contribution in [0.1, 0.15) is 22.3 Å². The number of fused-ring (bicyclic) bond motifs is 1. The average Bonchev–Trinajstić information content (AvgIpc) is 3.55. The summed E-state index contributed by atoms with van der Waals surface area (Å²) in [5.74, 6) is 0.433. The van der Waals surface area contributed by atoms with Crippen molar-refractivity contribution in [1.82, 2.24) is 5.32 Å². The molecular weight excluding hydrogens is 472 g/mol. The molecule has 37 heavy (non-hydrogen) atoms. The predicted octanol–water partition coefficient (Wildman–Crippen LogP) is 4.13. The molecule has 0 spiro atoms. The Bertz CT molecular complexity index is 1250. The first-order valence-corrected chi connectivity index (χ1v) is 12.3. The maximum atomic E-state index is 12.0. The van der Waals surface area contributed by atoms with E-state index in [4.69, 9.17) is 18.9 Å². The standard InChI is InChI=1S/C29H32N2O6/c1-18-26(34-2)13-21(14-27(18)35-3)25-9-8-23(31-29(28(32)33)16-36-17-30-29)10-22(25)15-37-24-11-19-6-4-5-7-20(19)12-24/h4-10,13-14,24,30-31H,11-12,15-17H2,1-3H3,(H,32,33). The van der Waals surface area contributed by atoms with E-state index in [1.54, 1.807) is 14.2 Å². The summed E-state index contributed by atoms with van der Waals surface area (Å²) in [6, 6.07) is 18.2. The molecular formula is C29H32N2O6. The third kappa shape index (κ3) is 5.00. The molecule has 8 heteroatoms. The Morgan fingerprint density at radius 1 is 1.08 bits per heavy atom. The molecule has 1 atom stereocenters. The number of carboxylic acid groups (broad SMARTS) is 1. The first-order valence-electron chi connectivity index (χ1n) is 12.3. The number of nitrogens with one attached hydrogen (secondary N) is 2. The number of aliphatic carboxylic acids is 1. The lowest BCUT2D eigenvalue weighted by atomic mass is 9.97. The largest absolute Gasteiger partial charge is 0.496 e. The summed E-state index contributed by atoms with van der Waals surface area (Å²) in [5, 5.41) is 15.9. The lowest BCUT2D eigenvalue weighted by molar-refractivity contribution is -0.143.